The fourth-order valence-electron chi connectivity index (χ4n) is 2.03. The number of hydrogen-bond acceptors (Lipinski definition) is 5. The van der Waals surface area contributed by atoms with Crippen LogP contribution in [0, 0.1) is 0 Å². The summed E-state index contributed by atoms with van der Waals surface area (Å²) in [5.74, 6) is 1.52. The molecule has 1 aliphatic rings. The van der Waals surface area contributed by atoms with E-state index >= 15 is 0 Å². The third-order valence-corrected chi connectivity index (χ3v) is 3.16. The largest absolute Gasteiger partial charge is 0.339 e. The topological polar surface area (TPSA) is 54.2 Å². The third kappa shape index (κ3) is 3.67. The zero-order chi connectivity index (χ0) is 12.5. The van der Waals surface area contributed by atoms with E-state index in [4.69, 9.17) is 4.52 Å². The van der Waals surface area contributed by atoms with E-state index in [1.165, 1.54) is 6.42 Å². The Hall–Kier alpha value is -0.650. The van der Waals surface area contributed by atoms with Crippen LogP contribution in [0.2, 0.25) is 0 Å². The molecule has 1 aromatic heterocycles. The summed E-state index contributed by atoms with van der Waals surface area (Å²) in [6.45, 7) is 9.20. The molecule has 0 aliphatic carbocycles. The summed E-state index contributed by atoms with van der Waals surface area (Å²) in [6.07, 6.45) is 1.19. The molecular formula is C12H23ClN4O. The predicted octanol–water partition coefficient (Wildman–Crippen LogP) is 1.58. The van der Waals surface area contributed by atoms with Gasteiger partial charge in [-0.15, -0.1) is 12.4 Å². The van der Waals surface area contributed by atoms with Crippen molar-refractivity contribution < 1.29 is 4.52 Å². The highest BCUT2D eigenvalue weighted by atomic mass is 35.5. The van der Waals surface area contributed by atoms with Gasteiger partial charge in [-0.25, -0.2) is 0 Å². The Labute approximate surface area is 115 Å². The highest BCUT2D eigenvalue weighted by molar-refractivity contribution is 5.85. The van der Waals surface area contributed by atoms with E-state index in [1.54, 1.807) is 0 Å². The van der Waals surface area contributed by atoms with E-state index < -0.39 is 0 Å². The molecule has 2 rings (SSSR count). The highest BCUT2D eigenvalue weighted by Gasteiger charge is 2.25. The molecule has 0 saturated carbocycles. The van der Waals surface area contributed by atoms with Crippen molar-refractivity contribution in [3.8, 4) is 0 Å². The van der Waals surface area contributed by atoms with Crippen molar-refractivity contribution in [3.05, 3.63) is 11.7 Å². The van der Waals surface area contributed by atoms with Gasteiger partial charge in [-0.1, -0.05) is 25.9 Å². The van der Waals surface area contributed by atoms with Crippen molar-refractivity contribution >= 4 is 12.4 Å². The third-order valence-electron chi connectivity index (χ3n) is 3.16. The van der Waals surface area contributed by atoms with Gasteiger partial charge < -0.3 is 9.84 Å². The van der Waals surface area contributed by atoms with Gasteiger partial charge >= 0.3 is 0 Å². The van der Waals surface area contributed by atoms with E-state index in [2.05, 4.69) is 41.1 Å². The molecule has 104 valence electrons. The number of likely N-dealkylation sites (tertiary alicyclic amines) is 1. The molecule has 1 aromatic rings. The molecule has 18 heavy (non-hydrogen) atoms. The summed E-state index contributed by atoms with van der Waals surface area (Å²) in [4.78, 5) is 6.82. The number of halogens is 1. The van der Waals surface area contributed by atoms with Gasteiger partial charge in [0.2, 0.25) is 5.89 Å². The smallest absolute Gasteiger partial charge is 0.232 e. The fourth-order valence-corrected chi connectivity index (χ4v) is 2.03. The minimum Gasteiger partial charge on any atom is -0.339 e. The fraction of sp³-hybridized carbons (Fsp3) is 0.833. The molecule has 2 heterocycles. The van der Waals surface area contributed by atoms with E-state index in [1.807, 2.05) is 7.05 Å². The van der Waals surface area contributed by atoms with Crippen molar-refractivity contribution in [2.75, 3.05) is 20.1 Å². The molecule has 5 nitrogen and oxygen atoms in total. The second kappa shape index (κ2) is 5.99. The van der Waals surface area contributed by atoms with Crippen molar-refractivity contribution in [1.29, 1.82) is 0 Å². The number of rotatable bonds is 3. The first-order valence-corrected chi connectivity index (χ1v) is 6.21. The van der Waals surface area contributed by atoms with Gasteiger partial charge in [0.05, 0.1) is 6.54 Å². The number of hydrogen-bond donors (Lipinski definition) is 1. The van der Waals surface area contributed by atoms with E-state index in [0.29, 0.717) is 6.04 Å². The SMILES string of the molecule is CNC1CCN(Cc2noc(C(C)(C)C)n2)C1.Cl. The summed E-state index contributed by atoms with van der Waals surface area (Å²) < 4.78 is 5.29. The van der Waals surface area contributed by atoms with E-state index in [9.17, 15) is 0 Å². The normalized spacial score (nSPS) is 21.0. The van der Waals surface area contributed by atoms with Crippen LogP contribution in [0.3, 0.4) is 0 Å². The molecule has 6 heteroatoms. The molecular weight excluding hydrogens is 252 g/mol. The molecule has 0 bridgehead atoms. The Bertz CT molecular complexity index is 374. The van der Waals surface area contributed by atoms with Gasteiger partial charge in [-0.2, -0.15) is 4.98 Å². The zero-order valence-corrected chi connectivity index (χ0v) is 12.4. The van der Waals surface area contributed by atoms with Gasteiger partial charge in [0.25, 0.3) is 0 Å². The summed E-state index contributed by atoms with van der Waals surface area (Å²) in [6, 6.07) is 0.601. The minimum atomic E-state index is -0.0657. The average Bonchev–Trinajstić information content (AvgIpc) is 2.86. The van der Waals surface area contributed by atoms with Crippen LogP contribution in [0.15, 0.2) is 4.52 Å². The molecule has 1 unspecified atom stereocenters. The summed E-state index contributed by atoms with van der Waals surface area (Å²) in [7, 11) is 2.01. The average molecular weight is 275 g/mol. The first kappa shape index (κ1) is 15.4. The summed E-state index contributed by atoms with van der Waals surface area (Å²) in [5, 5.41) is 7.35. The van der Waals surface area contributed by atoms with Crippen LogP contribution < -0.4 is 5.32 Å². The lowest BCUT2D eigenvalue weighted by atomic mass is 9.97. The van der Waals surface area contributed by atoms with Crippen LogP contribution in [0.4, 0.5) is 0 Å². The Balaban J connectivity index is 0.00000162. The van der Waals surface area contributed by atoms with Crippen molar-refractivity contribution in [2.45, 2.75) is 45.2 Å². The lowest BCUT2D eigenvalue weighted by Crippen LogP contribution is -2.29. The lowest BCUT2D eigenvalue weighted by Gasteiger charge is -2.13. The van der Waals surface area contributed by atoms with Gasteiger partial charge in [0, 0.05) is 24.5 Å². The van der Waals surface area contributed by atoms with Crippen LogP contribution in [0.5, 0.6) is 0 Å². The van der Waals surface area contributed by atoms with Gasteiger partial charge in [0.1, 0.15) is 0 Å². The Morgan fingerprint density at radius 1 is 1.44 bits per heavy atom. The second-order valence-electron chi connectivity index (χ2n) is 5.78. The predicted molar refractivity (Wildman–Crippen MR) is 73.0 cm³/mol. The first-order valence-electron chi connectivity index (χ1n) is 6.21. The number of aromatic nitrogens is 2. The Morgan fingerprint density at radius 3 is 2.67 bits per heavy atom. The number of likely N-dealkylation sites (N-methyl/N-ethyl adjacent to an activating group) is 1. The van der Waals surface area contributed by atoms with Gasteiger partial charge in [0.15, 0.2) is 5.82 Å². The molecule has 1 aliphatic heterocycles. The van der Waals surface area contributed by atoms with Crippen molar-refractivity contribution in [3.63, 3.8) is 0 Å². The molecule has 0 aromatic carbocycles. The Kier molecular flexibility index (Phi) is 5.13. The number of nitrogens with zero attached hydrogens (tertiary/aromatic N) is 3. The highest BCUT2D eigenvalue weighted by Crippen LogP contribution is 2.20. The van der Waals surface area contributed by atoms with Crippen LogP contribution >= 0.6 is 12.4 Å². The molecule has 1 saturated heterocycles. The maximum atomic E-state index is 5.29. The summed E-state index contributed by atoms with van der Waals surface area (Å²) >= 11 is 0. The van der Waals surface area contributed by atoms with Crippen LogP contribution in [-0.4, -0.2) is 41.2 Å². The van der Waals surface area contributed by atoms with Crippen LogP contribution in [0.25, 0.3) is 0 Å². The first-order chi connectivity index (χ1) is 7.99. The van der Waals surface area contributed by atoms with Crippen molar-refractivity contribution in [2.24, 2.45) is 0 Å². The molecule has 1 atom stereocenters. The molecule has 0 amide bonds. The standard InChI is InChI=1S/C12H22N4O.ClH/c1-12(2,3)11-14-10(15-17-11)8-16-6-5-9(7-16)13-4;/h9,13H,5-8H2,1-4H3;1H. The van der Waals surface area contributed by atoms with E-state index in [0.717, 1.165) is 31.3 Å². The Morgan fingerprint density at radius 2 is 2.17 bits per heavy atom. The van der Waals surface area contributed by atoms with Gasteiger partial charge in [-0.3, -0.25) is 4.90 Å². The van der Waals surface area contributed by atoms with Crippen molar-refractivity contribution in [1.82, 2.24) is 20.4 Å². The summed E-state index contributed by atoms with van der Waals surface area (Å²) in [5.41, 5.74) is -0.0657. The quantitative estimate of drug-likeness (QED) is 0.907. The minimum absolute atomic E-state index is 0. The molecule has 1 fully saturated rings. The van der Waals surface area contributed by atoms with Crippen LogP contribution in [-0.2, 0) is 12.0 Å². The lowest BCUT2D eigenvalue weighted by molar-refractivity contribution is 0.294. The second-order valence-corrected chi connectivity index (χ2v) is 5.78. The monoisotopic (exact) mass is 274 g/mol. The maximum Gasteiger partial charge on any atom is 0.232 e. The molecule has 1 N–H and O–H groups in total. The molecule has 0 spiro atoms. The van der Waals surface area contributed by atoms with Gasteiger partial charge in [-0.05, 0) is 13.5 Å². The number of nitrogens with one attached hydrogen (secondary N) is 1. The molecule has 0 radical (unpaired) electrons. The van der Waals surface area contributed by atoms with Crippen LogP contribution in [0.1, 0.15) is 38.9 Å². The maximum absolute atomic E-state index is 5.29. The van der Waals surface area contributed by atoms with E-state index in [-0.39, 0.29) is 17.8 Å². The zero-order valence-electron chi connectivity index (χ0n) is 11.6.